The van der Waals surface area contributed by atoms with Gasteiger partial charge in [0.1, 0.15) is 0 Å². The third-order valence-corrected chi connectivity index (χ3v) is 23.8. The van der Waals surface area contributed by atoms with Crippen LogP contribution < -0.4 is 20.7 Å². The molecule has 0 aliphatic heterocycles. The second kappa shape index (κ2) is 20.9. The molecular weight excluding hydrogens is 1170 g/mol. The normalized spacial score (nSPS) is 15.5. The first-order valence-corrected chi connectivity index (χ1v) is 33.1. The molecule has 0 aliphatic rings. The van der Waals surface area contributed by atoms with Gasteiger partial charge in [0.2, 0.25) is 0 Å². The van der Waals surface area contributed by atoms with Gasteiger partial charge in [0.05, 0.1) is 74.3 Å². The van der Waals surface area contributed by atoms with Gasteiger partial charge < -0.3 is 18.3 Å². The van der Waals surface area contributed by atoms with Crippen LogP contribution in [0.25, 0.3) is 153 Å². The number of rotatable bonds is 9. The number of fused-ring (bicyclic) bond motifs is 19. The van der Waals surface area contributed by atoms with E-state index in [0.29, 0.717) is 27.8 Å². The highest BCUT2D eigenvalue weighted by atomic mass is 28.3. The fourth-order valence-electron chi connectivity index (χ4n) is 15.2. The fraction of sp³-hybridized carbons (Fsp3) is 0. The smallest absolute Gasteiger partial charge is 0.179 e. The highest BCUT2D eigenvalue weighted by Crippen LogP contribution is 2.46. The van der Waals surface area contributed by atoms with Gasteiger partial charge in [0.25, 0.3) is 0 Å². The van der Waals surface area contributed by atoms with Crippen LogP contribution in [0.2, 0.25) is 0 Å². The predicted octanol–water partition coefficient (Wildman–Crippen LogP) is 20.6. The predicted molar refractivity (Wildman–Crippen MR) is 405 cm³/mol. The topological polar surface area (TPSA) is 19.7 Å². The summed E-state index contributed by atoms with van der Waals surface area (Å²) in [5.74, 6) is 0. The monoisotopic (exact) mass is 1240 g/mol. The summed E-state index contributed by atoms with van der Waals surface area (Å²) in [5, 5.41) is 9.84. The molecule has 16 aromatic carbocycles. The van der Waals surface area contributed by atoms with Crippen molar-refractivity contribution < 1.29 is 30.2 Å². The summed E-state index contributed by atoms with van der Waals surface area (Å²) in [6.45, 7) is 0. The van der Waals surface area contributed by atoms with Gasteiger partial charge in [0, 0.05) is 71.2 Å². The second-order valence-corrected chi connectivity index (χ2v) is 27.6. The Hall–Kier alpha value is -12.3. The summed E-state index contributed by atoms with van der Waals surface area (Å²) < 4.78 is 214. The lowest BCUT2D eigenvalue weighted by Gasteiger charge is -2.35. The van der Waals surface area contributed by atoms with Crippen LogP contribution in [0.5, 0.6) is 0 Å². The molecule has 0 N–H and O–H groups in total. The van der Waals surface area contributed by atoms with Crippen LogP contribution >= 0.6 is 0 Å². The Kier molecular flexibility index (Phi) is 7.93. The van der Waals surface area contributed by atoms with Crippen LogP contribution in [0.4, 0.5) is 0 Å². The number of hydrogen-bond donors (Lipinski definition) is 0. The van der Waals surface area contributed by atoms with Crippen molar-refractivity contribution in [2.24, 2.45) is 0 Å². The van der Waals surface area contributed by atoms with Crippen molar-refractivity contribution in [3.8, 4) is 33.9 Å². The van der Waals surface area contributed by atoms with Gasteiger partial charge in [-0.25, -0.2) is 0 Å². The molecule has 442 valence electrons. The maximum atomic E-state index is 10.5. The van der Waals surface area contributed by atoms with E-state index in [1.807, 2.05) is 109 Å². The molecule has 0 spiro atoms. The van der Waals surface area contributed by atoms with Crippen LogP contribution in [0, 0.1) is 0 Å². The molecule has 4 nitrogen and oxygen atoms in total. The minimum Gasteiger partial charge on any atom is -0.309 e. The van der Waals surface area contributed by atoms with E-state index in [0.717, 1.165) is 68.5 Å². The summed E-state index contributed by atoms with van der Waals surface area (Å²) in [6, 6.07) is 58.6. The summed E-state index contributed by atoms with van der Waals surface area (Å²) in [4.78, 5) is 0. The zero-order chi connectivity index (χ0) is 81.4. The highest BCUT2D eigenvalue weighted by Gasteiger charge is 2.42. The van der Waals surface area contributed by atoms with E-state index in [1.165, 1.54) is 4.57 Å². The Morgan fingerprint density at radius 1 is 0.221 bits per heavy atom. The zero-order valence-electron chi connectivity index (χ0n) is 72.1. The second-order valence-electron chi connectivity index (χ2n) is 23.8. The molecule has 4 heterocycles. The third kappa shape index (κ3) is 7.76. The Morgan fingerprint density at radius 2 is 0.674 bits per heavy atom. The minimum atomic E-state index is -3.77. The van der Waals surface area contributed by atoms with E-state index < -0.39 is 134 Å². The minimum absolute atomic E-state index is 0.0976. The maximum absolute atomic E-state index is 10.5. The molecule has 20 aromatic rings. The van der Waals surface area contributed by atoms with Gasteiger partial charge in [-0.2, -0.15) is 0 Å². The number of hydrogen-bond acceptors (Lipinski definition) is 0. The standard InChI is InChI=1S/C90H58N4Si/c1-4-26-60(27-5-1)91-83-47-21-17-42-77(83)88-68(43-24-48-86(88)91)59-25-22-33-66(55-59)95(64-29-6-2-7-30-64,65-31-8-3-9-32-65)67-34-23-28-61(56-67)94-85-53-50-63(58-79(85)90-87(94)54-51-76-71-37-11-10-35-69(71)70-36-12-13-41-75(70)89(76)90)93-82-46-20-16-40-74(82)78-57-62(49-52-84(78)93)92-80-44-18-14-38-72(80)73-39-15-19-45-81(73)92/h1-58H/i14D,15D,16D,17D,18D,19D,20D,21D,24D,38D,39D,40D,42D,43D,44D,45D,46D,47D,48D,49D,52D,57D. The first kappa shape index (κ1) is 36.1. The van der Waals surface area contributed by atoms with Gasteiger partial charge in [-0.05, 0) is 156 Å². The van der Waals surface area contributed by atoms with E-state index in [-0.39, 0.29) is 89.8 Å². The zero-order valence-corrected chi connectivity index (χ0v) is 51.1. The van der Waals surface area contributed by atoms with Crippen molar-refractivity contribution in [1.82, 2.24) is 18.3 Å². The molecule has 0 saturated carbocycles. The van der Waals surface area contributed by atoms with Gasteiger partial charge in [0.15, 0.2) is 8.07 Å². The van der Waals surface area contributed by atoms with E-state index in [2.05, 4.69) is 83.4 Å². The van der Waals surface area contributed by atoms with E-state index in [1.54, 1.807) is 34.9 Å². The van der Waals surface area contributed by atoms with Crippen molar-refractivity contribution in [3.63, 3.8) is 0 Å². The lowest BCUT2D eigenvalue weighted by atomic mass is 9.92. The molecule has 0 unspecified atom stereocenters. The average molecular weight is 1250 g/mol. The number of para-hydroxylation sites is 5. The van der Waals surface area contributed by atoms with Crippen molar-refractivity contribution in [2.45, 2.75) is 0 Å². The SMILES string of the molecule is [2H]c1c([2H])c([2H])c2c(c1[2H])c1c([2H])c(-n3c4c([2H])c([2H])c([2H])c([2H])c4c4c([2H])c([2H])c([2H])c([2H])c43)c([2H])c([2H])c1n2-c1ccc2c(c1)c1c3c4ccccc4c4ccccc4c3ccc1n2-c1cccc([Si](c2ccccc2)(c2ccccc2)c2cccc(-c3c([2H])c([2H])c([2H])c4c3c3c([2H])c([2H])c([2H])c([2H])c3n4-c3ccccc3)c2)c1. The number of benzene rings is 16. The molecule has 0 amide bonds. The summed E-state index contributed by atoms with van der Waals surface area (Å²) in [7, 11) is -3.77. The molecule has 95 heavy (non-hydrogen) atoms. The third-order valence-electron chi connectivity index (χ3n) is 19.0. The molecule has 5 heteroatoms. The van der Waals surface area contributed by atoms with Crippen molar-refractivity contribution >= 4 is 148 Å². The highest BCUT2D eigenvalue weighted by molar-refractivity contribution is 7.20. The molecule has 20 rings (SSSR count). The Labute approximate surface area is 579 Å². The van der Waals surface area contributed by atoms with Gasteiger partial charge in [-0.3, -0.25) is 0 Å². The summed E-state index contributed by atoms with van der Waals surface area (Å²) in [5.41, 5.74) is 2.02. The largest absolute Gasteiger partial charge is 0.309 e. The molecule has 0 aliphatic carbocycles. The summed E-state index contributed by atoms with van der Waals surface area (Å²) in [6.07, 6.45) is 0. The van der Waals surface area contributed by atoms with Crippen LogP contribution in [-0.2, 0) is 0 Å². The Balaban J connectivity index is 0.883. The van der Waals surface area contributed by atoms with Crippen molar-refractivity contribution in [2.75, 3.05) is 0 Å². The molecule has 0 fully saturated rings. The lowest BCUT2D eigenvalue weighted by Crippen LogP contribution is -2.74. The van der Waals surface area contributed by atoms with E-state index in [4.69, 9.17) is 8.22 Å². The molecule has 4 aromatic heterocycles. The first-order valence-electron chi connectivity index (χ1n) is 42.1. The maximum Gasteiger partial charge on any atom is 0.179 e. The number of aromatic nitrogens is 4. The average Bonchev–Trinajstić information content (AvgIpc) is 1.53. The van der Waals surface area contributed by atoms with Crippen LogP contribution in [0.1, 0.15) is 30.2 Å². The molecule has 0 atom stereocenters. The van der Waals surface area contributed by atoms with E-state index >= 15 is 0 Å². The lowest BCUT2D eigenvalue weighted by molar-refractivity contribution is 1.16. The van der Waals surface area contributed by atoms with Gasteiger partial charge in [-0.15, -0.1) is 0 Å². The van der Waals surface area contributed by atoms with Gasteiger partial charge in [-0.1, -0.05) is 254 Å². The molecule has 0 radical (unpaired) electrons. The van der Waals surface area contributed by atoms with Crippen LogP contribution in [-0.4, -0.2) is 26.3 Å². The fourth-order valence-corrected chi connectivity index (χ4v) is 20.0. The van der Waals surface area contributed by atoms with Crippen molar-refractivity contribution in [3.05, 3.63) is 351 Å². The Bertz CT molecular complexity index is 7760. The quantitative estimate of drug-likeness (QED) is 0.0780. The first-order chi connectivity index (χ1) is 56.3. The molecule has 0 saturated heterocycles. The van der Waals surface area contributed by atoms with Crippen LogP contribution in [0.3, 0.4) is 0 Å². The van der Waals surface area contributed by atoms with Crippen LogP contribution in [0.15, 0.2) is 351 Å². The van der Waals surface area contributed by atoms with Gasteiger partial charge >= 0.3 is 0 Å². The molecular formula is C90H58N4Si. The summed E-state index contributed by atoms with van der Waals surface area (Å²) >= 11 is 0. The number of nitrogens with zero attached hydrogens (tertiary/aromatic N) is 4. The van der Waals surface area contributed by atoms with E-state index in [9.17, 15) is 21.9 Å². The molecule has 0 bridgehead atoms. The van der Waals surface area contributed by atoms with Crippen molar-refractivity contribution in [1.29, 1.82) is 0 Å². The Morgan fingerprint density at radius 3 is 1.34 bits per heavy atom.